The lowest BCUT2D eigenvalue weighted by atomic mass is 10.2. The van der Waals surface area contributed by atoms with Crippen molar-refractivity contribution in [2.45, 2.75) is 13.8 Å². The highest BCUT2D eigenvalue weighted by Gasteiger charge is 2.16. The van der Waals surface area contributed by atoms with Crippen molar-refractivity contribution in [3.8, 4) is 5.75 Å². The summed E-state index contributed by atoms with van der Waals surface area (Å²) in [7, 11) is 1.49. The second-order valence-corrected chi connectivity index (χ2v) is 5.98. The van der Waals surface area contributed by atoms with Crippen molar-refractivity contribution >= 4 is 29.5 Å². The lowest BCUT2D eigenvalue weighted by molar-refractivity contribution is -0.144. The monoisotopic (exact) mass is 382 g/mol. The molecule has 146 valence electrons. The predicted molar refractivity (Wildman–Crippen MR) is 106 cm³/mol. The van der Waals surface area contributed by atoms with Gasteiger partial charge in [0, 0.05) is 6.92 Å². The zero-order valence-electron chi connectivity index (χ0n) is 15.9. The van der Waals surface area contributed by atoms with Gasteiger partial charge in [-0.15, -0.1) is 0 Å². The molecule has 0 aliphatic heterocycles. The van der Waals surface area contributed by atoms with E-state index in [1.165, 1.54) is 20.1 Å². The summed E-state index contributed by atoms with van der Waals surface area (Å²) in [6.45, 7) is 2.65. The Hall–Kier alpha value is -3.61. The van der Waals surface area contributed by atoms with E-state index in [1.807, 2.05) is 19.1 Å². The van der Waals surface area contributed by atoms with Gasteiger partial charge in [-0.05, 0) is 36.3 Å². The van der Waals surface area contributed by atoms with E-state index in [4.69, 9.17) is 9.47 Å². The fourth-order valence-electron chi connectivity index (χ4n) is 2.37. The van der Waals surface area contributed by atoms with Gasteiger partial charge in [0.2, 0.25) is 5.91 Å². The molecule has 28 heavy (non-hydrogen) atoms. The van der Waals surface area contributed by atoms with Crippen LogP contribution in [0.2, 0.25) is 0 Å². The Bertz CT molecular complexity index is 891. The van der Waals surface area contributed by atoms with E-state index in [1.54, 1.807) is 36.4 Å². The molecule has 2 aromatic rings. The number of anilines is 1. The molecule has 0 radical (unpaired) electrons. The smallest absolute Gasteiger partial charge is 0.355 e. The normalized spacial score (nSPS) is 10.8. The molecule has 0 saturated heterocycles. The largest absolute Gasteiger partial charge is 0.495 e. The van der Waals surface area contributed by atoms with E-state index in [9.17, 15) is 14.4 Å². The van der Waals surface area contributed by atoms with Crippen LogP contribution >= 0.6 is 0 Å². The molecule has 0 saturated carbocycles. The quantitative estimate of drug-likeness (QED) is 0.567. The highest BCUT2D eigenvalue weighted by Crippen LogP contribution is 2.25. The summed E-state index contributed by atoms with van der Waals surface area (Å²) in [6.07, 6.45) is 1.48. The van der Waals surface area contributed by atoms with E-state index in [0.717, 1.165) is 5.56 Å². The third-order valence-electron chi connectivity index (χ3n) is 3.60. The van der Waals surface area contributed by atoms with Crippen LogP contribution in [0.5, 0.6) is 5.75 Å². The minimum atomic E-state index is -0.814. The average molecular weight is 382 g/mol. The lowest BCUT2D eigenvalue weighted by Gasteiger charge is -2.12. The summed E-state index contributed by atoms with van der Waals surface area (Å²) in [5, 5.41) is 5.06. The van der Waals surface area contributed by atoms with Crippen molar-refractivity contribution in [3.63, 3.8) is 0 Å². The standard InChI is InChI=1S/C21H22N2O5/c1-14-9-10-19(27-3)17(11-14)23-20(25)13-28-21(26)18(22-15(2)24)12-16-7-5-4-6-8-16/h4-12H,13H2,1-3H3,(H,22,24)(H,23,25)/b18-12-. The zero-order chi connectivity index (χ0) is 20.5. The molecule has 0 aliphatic carbocycles. The van der Waals surface area contributed by atoms with Crippen molar-refractivity contribution in [1.82, 2.24) is 5.32 Å². The summed E-state index contributed by atoms with van der Waals surface area (Å²) < 4.78 is 10.2. The molecule has 0 aliphatic rings. The minimum Gasteiger partial charge on any atom is -0.495 e. The van der Waals surface area contributed by atoms with Crippen molar-refractivity contribution in [3.05, 3.63) is 65.4 Å². The highest BCUT2D eigenvalue weighted by molar-refractivity contribution is 6.00. The van der Waals surface area contributed by atoms with Crippen LogP contribution in [0.4, 0.5) is 5.69 Å². The van der Waals surface area contributed by atoms with Crippen molar-refractivity contribution in [1.29, 1.82) is 0 Å². The molecule has 2 rings (SSSR count). The molecule has 0 fully saturated rings. The van der Waals surface area contributed by atoms with E-state index in [-0.39, 0.29) is 5.70 Å². The Labute approximate surface area is 163 Å². The number of hydrogen-bond acceptors (Lipinski definition) is 5. The van der Waals surface area contributed by atoms with Gasteiger partial charge in [-0.2, -0.15) is 0 Å². The van der Waals surface area contributed by atoms with Crippen LogP contribution in [0.3, 0.4) is 0 Å². The molecule has 0 bridgehead atoms. The third-order valence-corrected chi connectivity index (χ3v) is 3.60. The van der Waals surface area contributed by atoms with E-state index < -0.39 is 24.4 Å². The first-order chi connectivity index (χ1) is 13.4. The van der Waals surface area contributed by atoms with Crippen LogP contribution in [0.15, 0.2) is 54.2 Å². The van der Waals surface area contributed by atoms with Gasteiger partial charge in [0.15, 0.2) is 6.61 Å². The van der Waals surface area contributed by atoms with Gasteiger partial charge >= 0.3 is 5.97 Å². The first kappa shape index (κ1) is 20.7. The Morgan fingerprint density at radius 2 is 1.79 bits per heavy atom. The minimum absolute atomic E-state index is 0.0559. The molecule has 2 N–H and O–H groups in total. The van der Waals surface area contributed by atoms with Crippen LogP contribution in [0.1, 0.15) is 18.1 Å². The summed E-state index contributed by atoms with van der Waals surface area (Å²) in [6, 6.07) is 14.3. The molecular weight excluding hydrogens is 360 g/mol. The van der Waals surface area contributed by atoms with Crippen LogP contribution in [-0.2, 0) is 19.1 Å². The number of carbonyl (C=O) groups excluding carboxylic acids is 3. The maximum atomic E-state index is 12.3. The molecule has 0 unspecified atom stereocenters. The fourth-order valence-corrected chi connectivity index (χ4v) is 2.37. The summed E-state index contributed by atoms with van der Waals surface area (Å²) >= 11 is 0. The van der Waals surface area contributed by atoms with Crippen LogP contribution in [0, 0.1) is 6.92 Å². The first-order valence-corrected chi connectivity index (χ1v) is 8.55. The van der Waals surface area contributed by atoms with Crippen molar-refractivity contribution in [2.75, 3.05) is 19.0 Å². The van der Waals surface area contributed by atoms with E-state index >= 15 is 0 Å². The van der Waals surface area contributed by atoms with Gasteiger partial charge in [-0.25, -0.2) is 4.79 Å². The topological polar surface area (TPSA) is 93.7 Å². The Kier molecular flexibility index (Phi) is 7.33. The van der Waals surface area contributed by atoms with Gasteiger partial charge in [-0.3, -0.25) is 9.59 Å². The maximum Gasteiger partial charge on any atom is 0.355 e. The number of hydrogen-bond donors (Lipinski definition) is 2. The van der Waals surface area contributed by atoms with Crippen LogP contribution in [0.25, 0.3) is 6.08 Å². The average Bonchev–Trinajstić information content (AvgIpc) is 2.66. The number of nitrogens with one attached hydrogen (secondary N) is 2. The molecule has 7 nitrogen and oxygen atoms in total. The Morgan fingerprint density at radius 3 is 2.43 bits per heavy atom. The predicted octanol–water partition coefficient (Wildman–Crippen LogP) is 2.66. The van der Waals surface area contributed by atoms with Gasteiger partial charge in [0.05, 0.1) is 12.8 Å². The second-order valence-electron chi connectivity index (χ2n) is 5.98. The Balaban J connectivity index is 2.04. The number of esters is 1. The van der Waals surface area contributed by atoms with E-state index in [2.05, 4.69) is 10.6 Å². The molecule has 2 aromatic carbocycles. The lowest BCUT2D eigenvalue weighted by Crippen LogP contribution is -2.29. The van der Waals surface area contributed by atoms with Crippen LogP contribution < -0.4 is 15.4 Å². The number of amides is 2. The van der Waals surface area contributed by atoms with Crippen molar-refractivity contribution < 1.29 is 23.9 Å². The Morgan fingerprint density at radius 1 is 1.07 bits per heavy atom. The number of carbonyl (C=O) groups is 3. The molecule has 0 heterocycles. The van der Waals surface area contributed by atoms with Gasteiger partial charge in [0.25, 0.3) is 5.91 Å². The number of ether oxygens (including phenoxy) is 2. The van der Waals surface area contributed by atoms with Gasteiger partial charge < -0.3 is 20.1 Å². The van der Waals surface area contributed by atoms with Crippen LogP contribution in [-0.4, -0.2) is 31.5 Å². The summed E-state index contributed by atoms with van der Waals surface area (Å²) in [4.78, 5) is 35.8. The number of methoxy groups -OCH3 is 1. The van der Waals surface area contributed by atoms with E-state index in [0.29, 0.717) is 17.0 Å². The number of rotatable bonds is 7. The summed E-state index contributed by atoms with van der Waals surface area (Å²) in [5.74, 6) is -1.27. The summed E-state index contributed by atoms with van der Waals surface area (Å²) in [5.41, 5.74) is 2.06. The molecule has 0 spiro atoms. The highest BCUT2D eigenvalue weighted by atomic mass is 16.5. The SMILES string of the molecule is COc1ccc(C)cc1NC(=O)COC(=O)/C(=C/c1ccccc1)NC(C)=O. The molecule has 0 aromatic heterocycles. The third kappa shape index (κ3) is 6.28. The molecule has 0 atom stereocenters. The van der Waals surface area contributed by atoms with Crippen molar-refractivity contribution in [2.24, 2.45) is 0 Å². The van der Waals surface area contributed by atoms with Gasteiger partial charge in [-0.1, -0.05) is 36.4 Å². The van der Waals surface area contributed by atoms with Gasteiger partial charge in [0.1, 0.15) is 11.4 Å². The number of benzene rings is 2. The molecular formula is C21H22N2O5. The number of aryl methyl sites for hydroxylation is 1. The second kappa shape index (κ2) is 9.91. The zero-order valence-corrected chi connectivity index (χ0v) is 15.9. The fraction of sp³-hybridized carbons (Fsp3) is 0.190. The maximum absolute atomic E-state index is 12.3. The molecule has 2 amide bonds. The first-order valence-electron chi connectivity index (χ1n) is 8.55. The molecule has 7 heteroatoms.